The number of likely N-dealkylation sites (N-methyl/N-ethyl adjacent to an activating group) is 1. The van der Waals surface area contributed by atoms with Gasteiger partial charge in [0.2, 0.25) is 0 Å². The van der Waals surface area contributed by atoms with E-state index in [-0.39, 0.29) is 12.1 Å². The summed E-state index contributed by atoms with van der Waals surface area (Å²) in [4.78, 5) is 6.42. The smallest absolute Gasteiger partial charge is 0.282 e. The van der Waals surface area contributed by atoms with Crippen molar-refractivity contribution in [2.45, 2.75) is 13.0 Å². The normalized spacial score (nSPS) is 17.8. The quantitative estimate of drug-likeness (QED) is 0.896. The fourth-order valence-electron chi connectivity index (χ4n) is 2.05. The Morgan fingerprint density at radius 1 is 1.58 bits per heavy atom. The van der Waals surface area contributed by atoms with Gasteiger partial charge in [-0.25, -0.2) is 4.99 Å². The van der Waals surface area contributed by atoms with E-state index in [9.17, 15) is 0 Å². The van der Waals surface area contributed by atoms with Crippen LogP contribution in [0.3, 0.4) is 0 Å². The van der Waals surface area contributed by atoms with Gasteiger partial charge in [-0.3, -0.25) is 0 Å². The Kier molecular flexibility index (Phi) is 4.37. The molecule has 0 aliphatic carbocycles. The first kappa shape index (κ1) is 13.8. The van der Waals surface area contributed by atoms with Crippen molar-refractivity contribution in [1.82, 2.24) is 0 Å². The lowest BCUT2D eigenvalue weighted by Gasteiger charge is -2.25. The third-order valence-electron chi connectivity index (χ3n) is 3.05. The van der Waals surface area contributed by atoms with Gasteiger partial charge >= 0.3 is 0 Å². The van der Waals surface area contributed by atoms with Crippen LogP contribution in [-0.4, -0.2) is 38.9 Å². The Balaban J connectivity index is 2.13. The first-order chi connectivity index (χ1) is 9.13. The third kappa shape index (κ3) is 3.23. The minimum absolute atomic E-state index is 0.0709. The van der Waals surface area contributed by atoms with E-state index < -0.39 is 0 Å². The highest BCUT2D eigenvalue weighted by Crippen LogP contribution is 2.29. The fraction of sp³-hybridized carbons (Fsp3) is 0.462. The average molecular weight is 284 g/mol. The van der Waals surface area contributed by atoms with Crippen LogP contribution in [0.15, 0.2) is 23.2 Å². The molecule has 1 aromatic carbocycles. The van der Waals surface area contributed by atoms with Crippen LogP contribution in [-0.2, 0) is 4.74 Å². The molecule has 104 valence electrons. The molecule has 0 saturated carbocycles. The lowest BCUT2D eigenvalue weighted by Crippen LogP contribution is -2.32. The van der Waals surface area contributed by atoms with Crippen molar-refractivity contribution in [2.75, 3.05) is 31.7 Å². The van der Waals surface area contributed by atoms with Crippen LogP contribution in [0.25, 0.3) is 0 Å². The number of benzene rings is 1. The van der Waals surface area contributed by atoms with Crippen LogP contribution >= 0.6 is 11.6 Å². The van der Waals surface area contributed by atoms with E-state index in [1.807, 2.05) is 18.2 Å². The number of aliphatic imine (C=N–C) groups is 1. The molecule has 2 rings (SSSR count). The van der Waals surface area contributed by atoms with Gasteiger partial charge in [-0.1, -0.05) is 11.6 Å². The Labute approximate surface area is 118 Å². The highest BCUT2D eigenvalue weighted by Gasteiger charge is 2.20. The molecule has 1 aliphatic heterocycles. The molecule has 0 radical (unpaired) electrons. The van der Waals surface area contributed by atoms with E-state index in [0.29, 0.717) is 17.4 Å². The van der Waals surface area contributed by atoms with Gasteiger partial charge in [-0.2, -0.15) is 0 Å². The van der Waals surface area contributed by atoms with Crippen molar-refractivity contribution in [3.05, 3.63) is 23.2 Å². The van der Waals surface area contributed by atoms with Gasteiger partial charge in [-0.05, 0) is 19.1 Å². The molecule has 0 spiro atoms. The molecule has 0 aromatic heterocycles. The van der Waals surface area contributed by atoms with Gasteiger partial charge in [-0.15, -0.1) is 0 Å². The Hall–Kier alpha value is -1.62. The van der Waals surface area contributed by atoms with Crippen LogP contribution in [0.2, 0.25) is 5.02 Å². The van der Waals surface area contributed by atoms with Gasteiger partial charge in [0.05, 0.1) is 12.1 Å². The van der Waals surface area contributed by atoms with E-state index in [4.69, 9.17) is 26.8 Å². The molecule has 6 heteroatoms. The van der Waals surface area contributed by atoms with Gasteiger partial charge in [0, 0.05) is 24.8 Å². The molecule has 1 heterocycles. The molecule has 5 nitrogen and oxygen atoms in total. The summed E-state index contributed by atoms with van der Waals surface area (Å²) in [7, 11) is 1.61. The Morgan fingerprint density at radius 3 is 2.95 bits per heavy atom. The van der Waals surface area contributed by atoms with Crippen LogP contribution in [0, 0.1) is 0 Å². The van der Waals surface area contributed by atoms with Crippen molar-refractivity contribution in [3.8, 4) is 5.75 Å². The predicted octanol–water partition coefficient (Wildman–Crippen LogP) is 1.89. The molecule has 0 saturated heterocycles. The number of halogens is 1. The number of hydrogen-bond acceptors (Lipinski definition) is 5. The number of amidine groups is 1. The number of methoxy groups -OCH3 is 1. The summed E-state index contributed by atoms with van der Waals surface area (Å²) < 4.78 is 10.4. The van der Waals surface area contributed by atoms with Crippen molar-refractivity contribution >= 4 is 23.3 Å². The monoisotopic (exact) mass is 283 g/mol. The molecule has 0 fully saturated rings. The van der Waals surface area contributed by atoms with Gasteiger partial charge < -0.3 is 20.1 Å². The first-order valence-electron chi connectivity index (χ1n) is 6.18. The SMILES string of the molecule is CCN(C[C@H]1COC(N)=N1)c1ccc(Cl)c(OC)c1. The second-order valence-corrected chi connectivity index (χ2v) is 4.70. The Morgan fingerprint density at radius 2 is 2.37 bits per heavy atom. The highest BCUT2D eigenvalue weighted by atomic mass is 35.5. The summed E-state index contributed by atoms with van der Waals surface area (Å²) >= 11 is 6.03. The van der Waals surface area contributed by atoms with Crippen LogP contribution in [0.5, 0.6) is 5.75 Å². The second-order valence-electron chi connectivity index (χ2n) is 4.29. The maximum absolute atomic E-state index is 6.03. The van der Waals surface area contributed by atoms with Gasteiger partial charge in [0.25, 0.3) is 6.02 Å². The fourth-order valence-corrected chi connectivity index (χ4v) is 2.24. The van der Waals surface area contributed by atoms with Crippen LogP contribution in [0.1, 0.15) is 6.92 Å². The van der Waals surface area contributed by atoms with Gasteiger partial charge in [0.1, 0.15) is 18.4 Å². The van der Waals surface area contributed by atoms with Crippen molar-refractivity contribution in [3.63, 3.8) is 0 Å². The van der Waals surface area contributed by atoms with Crippen molar-refractivity contribution in [2.24, 2.45) is 10.7 Å². The van der Waals surface area contributed by atoms with Gasteiger partial charge in [0.15, 0.2) is 0 Å². The zero-order valence-electron chi connectivity index (χ0n) is 11.1. The highest BCUT2D eigenvalue weighted by molar-refractivity contribution is 6.32. The molecule has 0 amide bonds. The predicted molar refractivity (Wildman–Crippen MR) is 77.3 cm³/mol. The summed E-state index contributed by atoms with van der Waals surface area (Å²) in [5.74, 6) is 0.670. The topological polar surface area (TPSA) is 60.1 Å². The van der Waals surface area contributed by atoms with E-state index in [2.05, 4.69) is 16.8 Å². The number of anilines is 1. The minimum atomic E-state index is 0.0709. The zero-order chi connectivity index (χ0) is 13.8. The molecule has 1 aliphatic rings. The van der Waals surface area contributed by atoms with E-state index in [0.717, 1.165) is 18.8 Å². The molecule has 1 atom stereocenters. The first-order valence-corrected chi connectivity index (χ1v) is 6.56. The second kappa shape index (κ2) is 6.02. The van der Waals surface area contributed by atoms with E-state index >= 15 is 0 Å². The molecular weight excluding hydrogens is 266 g/mol. The summed E-state index contributed by atoms with van der Waals surface area (Å²) in [6.07, 6.45) is 0. The largest absolute Gasteiger partial charge is 0.495 e. The summed E-state index contributed by atoms with van der Waals surface area (Å²) in [6.45, 7) is 4.23. The summed E-state index contributed by atoms with van der Waals surface area (Å²) in [5, 5.41) is 0.605. The maximum atomic E-state index is 6.03. The number of hydrogen-bond donors (Lipinski definition) is 1. The lowest BCUT2D eigenvalue weighted by molar-refractivity contribution is 0.313. The van der Waals surface area contributed by atoms with E-state index in [1.165, 1.54) is 0 Å². The van der Waals surface area contributed by atoms with Crippen LogP contribution < -0.4 is 15.4 Å². The lowest BCUT2D eigenvalue weighted by atomic mass is 10.2. The third-order valence-corrected chi connectivity index (χ3v) is 3.36. The number of nitrogens with two attached hydrogens (primary N) is 1. The maximum Gasteiger partial charge on any atom is 0.282 e. The van der Waals surface area contributed by atoms with Crippen molar-refractivity contribution in [1.29, 1.82) is 0 Å². The number of nitrogens with zero attached hydrogens (tertiary/aromatic N) is 2. The Bertz CT molecular complexity index is 479. The molecule has 2 N–H and O–H groups in total. The molecular formula is C13H18ClN3O2. The van der Waals surface area contributed by atoms with Crippen molar-refractivity contribution < 1.29 is 9.47 Å². The summed E-state index contributed by atoms with van der Waals surface area (Å²) in [5.41, 5.74) is 6.56. The standard InChI is InChI=1S/C13H18ClN3O2/c1-3-17(7-9-8-19-13(15)16-9)10-4-5-11(14)12(6-10)18-2/h4-6,9H,3,7-8H2,1-2H3,(H2,15,16)/t9-/m0/s1. The minimum Gasteiger partial charge on any atom is -0.495 e. The molecule has 0 unspecified atom stereocenters. The molecule has 0 bridgehead atoms. The zero-order valence-corrected chi connectivity index (χ0v) is 11.9. The molecule has 1 aromatic rings. The average Bonchev–Trinajstić information content (AvgIpc) is 2.82. The number of ether oxygens (including phenoxy) is 2. The summed E-state index contributed by atoms with van der Waals surface area (Å²) in [6, 6.07) is 6.07. The number of rotatable bonds is 5. The van der Waals surface area contributed by atoms with E-state index in [1.54, 1.807) is 7.11 Å². The van der Waals surface area contributed by atoms with Crippen LogP contribution in [0.4, 0.5) is 5.69 Å². The molecule has 19 heavy (non-hydrogen) atoms.